The minimum atomic E-state index is 0.0116. The summed E-state index contributed by atoms with van der Waals surface area (Å²) in [7, 11) is 1.66. The van der Waals surface area contributed by atoms with E-state index in [0.717, 1.165) is 30.2 Å². The molecule has 0 unspecified atom stereocenters. The number of rotatable bonds is 3. The molecule has 3 rings (SSSR count). The fourth-order valence-corrected chi connectivity index (χ4v) is 2.73. The molecule has 1 fully saturated rings. The van der Waals surface area contributed by atoms with Crippen LogP contribution in [0, 0.1) is 6.92 Å². The smallest absolute Gasteiger partial charge is 0.257 e. The van der Waals surface area contributed by atoms with Crippen LogP contribution in [0.4, 0.5) is 5.69 Å². The maximum absolute atomic E-state index is 12.6. The predicted octanol–water partition coefficient (Wildman–Crippen LogP) is 1.76. The summed E-state index contributed by atoms with van der Waals surface area (Å²) < 4.78 is 5.18. The van der Waals surface area contributed by atoms with Crippen LogP contribution in [0.25, 0.3) is 0 Å². The van der Waals surface area contributed by atoms with Crippen LogP contribution in [0.3, 0.4) is 0 Å². The third-order valence-electron chi connectivity index (χ3n) is 4.15. The molecule has 1 amide bonds. The van der Waals surface area contributed by atoms with Crippen LogP contribution in [0.2, 0.25) is 0 Å². The molecule has 0 radical (unpaired) electrons. The van der Waals surface area contributed by atoms with Gasteiger partial charge in [0.15, 0.2) is 0 Å². The first-order valence-electron chi connectivity index (χ1n) is 7.64. The second-order valence-corrected chi connectivity index (χ2v) is 5.50. The Morgan fingerprint density at radius 1 is 1.13 bits per heavy atom. The van der Waals surface area contributed by atoms with Gasteiger partial charge in [-0.3, -0.25) is 4.79 Å². The molecule has 0 N–H and O–H groups in total. The van der Waals surface area contributed by atoms with Crippen molar-refractivity contribution in [3.05, 3.63) is 48.0 Å². The summed E-state index contributed by atoms with van der Waals surface area (Å²) in [4.78, 5) is 24.8. The molecule has 1 aliphatic rings. The van der Waals surface area contributed by atoms with Crippen molar-refractivity contribution in [2.75, 3.05) is 38.2 Å². The van der Waals surface area contributed by atoms with E-state index < -0.39 is 0 Å². The standard InChI is InChI=1S/C17H20N4O2/c1-13-16(11-18-12-19-13)17(22)21-9-7-20(8-10-21)14-3-5-15(23-2)6-4-14/h3-6,11-12H,7-10H2,1-2H3. The maximum Gasteiger partial charge on any atom is 0.257 e. The van der Waals surface area contributed by atoms with E-state index in [-0.39, 0.29) is 5.91 Å². The molecule has 120 valence electrons. The first-order chi connectivity index (χ1) is 11.2. The highest BCUT2D eigenvalue weighted by atomic mass is 16.5. The van der Waals surface area contributed by atoms with Crippen LogP contribution in [0.5, 0.6) is 5.75 Å². The highest BCUT2D eigenvalue weighted by molar-refractivity contribution is 5.95. The van der Waals surface area contributed by atoms with E-state index in [1.54, 1.807) is 13.3 Å². The molecule has 0 bridgehead atoms. The van der Waals surface area contributed by atoms with Crippen molar-refractivity contribution in [1.29, 1.82) is 0 Å². The Balaban J connectivity index is 1.64. The Hall–Kier alpha value is -2.63. The molecule has 0 saturated carbocycles. The molecule has 1 aliphatic heterocycles. The first-order valence-corrected chi connectivity index (χ1v) is 7.64. The number of aryl methyl sites for hydroxylation is 1. The molecule has 1 aromatic heterocycles. The van der Waals surface area contributed by atoms with Gasteiger partial charge in [-0.1, -0.05) is 0 Å². The Morgan fingerprint density at radius 3 is 2.43 bits per heavy atom. The van der Waals surface area contributed by atoms with Crippen molar-refractivity contribution in [2.45, 2.75) is 6.92 Å². The number of carbonyl (C=O) groups excluding carboxylic acids is 1. The van der Waals surface area contributed by atoms with Gasteiger partial charge in [0, 0.05) is 38.1 Å². The van der Waals surface area contributed by atoms with Crippen molar-refractivity contribution >= 4 is 11.6 Å². The Kier molecular flexibility index (Phi) is 4.41. The second-order valence-electron chi connectivity index (χ2n) is 5.50. The molecule has 2 heterocycles. The van der Waals surface area contributed by atoms with Crippen LogP contribution >= 0.6 is 0 Å². The van der Waals surface area contributed by atoms with Crippen molar-refractivity contribution in [1.82, 2.24) is 14.9 Å². The summed E-state index contributed by atoms with van der Waals surface area (Å²) in [5.41, 5.74) is 2.46. The van der Waals surface area contributed by atoms with Crippen LogP contribution in [0.15, 0.2) is 36.8 Å². The molecule has 6 heteroatoms. The van der Waals surface area contributed by atoms with Gasteiger partial charge in [0.05, 0.1) is 18.4 Å². The summed E-state index contributed by atoms with van der Waals surface area (Å²) in [6, 6.07) is 8.01. The molecule has 1 saturated heterocycles. The number of aromatic nitrogens is 2. The van der Waals surface area contributed by atoms with Gasteiger partial charge < -0.3 is 14.5 Å². The van der Waals surface area contributed by atoms with Gasteiger partial charge in [-0.15, -0.1) is 0 Å². The fourth-order valence-electron chi connectivity index (χ4n) is 2.73. The number of ether oxygens (including phenoxy) is 1. The van der Waals surface area contributed by atoms with Crippen molar-refractivity contribution in [3.8, 4) is 5.75 Å². The normalized spacial score (nSPS) is 14.7. The highest BCUT2D eigenvalue weighted by Gasteiger charge is 2.23. The van der Waals surface area contributed by atoms with Gasteiger partial charge in [-0.2, -0.15) is 0 Å². The van der Waals surface area contributed by atoms with E-state index in [2.05, 4.69) is 14.9 Å². The van der Waals surface area contributed by atoms with Crippen molar-refractivity contribution < 1.29 is 9.53 Å². The average molecular weight is 312 g/mol. The molecule has 6 nitrogen and oxygen atoms in total. The lowest BCUT2D eigenvalue weighted by Gasteiger charge is -2.36. The molecule has 0 aliphatic carbocycles. The van der Waals surface area contributed by atoms with Crippen LogP contribution in [0.1, 0.15) is 16.1 Å². The number of carbonyl (C=O) groups is 1. The van der Waals surface area contributed by atoms with Crippen LogP contribution in [-0.4, -0.2) is 54.1 Å². The van der Waals surface area contributed by atoms with Crippen LogP contribution in [-0.2, 0) is 0 Å². The van der Waals surface area contributed by atoms with Gasteiger partial charge in [0.25, 0.3) is 5.91 Å². The highest BCUT2D eigenvalue weighted by Crippen LogP contribution is 2.21. The lowest BCUT2D eigenvalue weighted by molar-refractivity contribution is 0.0745. The number of hydrogen-bond acceptors (Lipinski definition) is 5. The Labute approximate surface area is 135 Å². The fraction of sp³-hybridized carbons (Fsp3) is 0.353. The summed E-state index contributed by atoms with van der Waals surface area (Å²) in [5, 5.41) is 0. The third kappa shape index (κ3) is 3.26. The Bertz CT molecular complexity index is 679. The first kappa shape index (κ1) is 15.3. The lowest BCUT2D eigenvalue weighted by atomic mass is 10.2. The number of hydrogen-bond donors (Lipinski definition) is 0. The van der Waals surface area contributed by atoms with E-state index in [1.807, 2.05) is 36.1 Å². The topological polar surface area (TPSA) is 58.6 Å². The van der Waals surface area contributed by atoms with Gasteiger partial charge in [-0.05, 0) is 31.2 Å². The number of methoxy groups -OCH3 is 1. The summed E-state index contributed by atoms with van der Waals surface area (Å²) in [6.45, 7) is 4.84. The van der Waals surface area contributed by atoms with Gasteiger partial charge >= 0.3 is 0 Å². The van der Waals surface area contributed by atoms with Gasteiger partial charge in [0.2, 0.25) is 0 Å². The SMILES string of the molecule is COc1ccc(N2CCN(C(=O)c3cncnc3C)CC2)cc1. The summed E-state index contributed by atoms with van der Waals surface area (Å²) in [6.07, 6.45) is 3.06. The third-order valence-corrected chi connectivity index (χ3v) is 4.15. The summed E-state index contributed by atoms with van der Waals surface area (Å²) in [5.74, 6) is 0.861. The number of nitrogens with zero attached hydrogens (tertiary/aromatic N) is 4. The zero-order valence-electron chi connectivity index (χ0n) is 13.4. The number of anilines is 1. The van der Waals surface area contributed by atoms with Gasteiger partial charge in [-0.25, -0.2) is 9.97 Å². The number of benzene rings is 1. The monoisotopic (exact) mass is 312 g/mol. The minimum Gasteiger partial charge on any atom is -0.497 e. The van der Waals surface area contributed by atoms with Crippen LogP contribution < -0.4 is 9.64 Å². The Morgan fingerprint density at radius 2 is 1.83 bits per heavy atom. The van der Waals surface area contributed by atoms with Crippen molar-refractivity contribution in [2.24, 2.45) is 0 Å². The molecule has 23 heavy (non-hydrogen) atoms. The zero-order chi connectivity index (χ0) is 16.2. The van der Waals surface area contributed by atoms with E-state index in [9.17, 15) is 4.79 Å². The second kappa shape index (κ2) is 6.64. The minimum absolute atomic E-state index is 0.0116. The predicted molar refractivity (Wildman–Crippen MR) is 87.9 cm³/mol. The van der Waals surface area contributed by atoms with E-state index in [4.69, 9.17) is 4.74 Å². The van der Waals surface area contributed by atoms with Gasteiger partial charge in [0.1, 0.15) is 12.1 Å². The number of amides is 1. The zero-order valence-corrected chi connectivity index (χ0v) is 13.4. The molecular weight excluding hydrogens is 292 g/mol. The van der Waals surface area contributed by atoms with E-state index >= 15 is 0 Å². The lowest BCUT2D eigenvalue weighted by Crippen LogP contribution is -2.49. The average Bonchev–Trinajstić information content (AvgIpc) is 2.62. The largest absolute Gasteiger partial charge is 0.497 e. The van der Waals surface area contributed by atoms with E-state index in [1.165, 1.54) is 6.33 Å². The molecular formula is C17H20N4O2. The van der Waals surface area contributed by atoms with Crippen molar-refractivity contribution in [3.63, 3.8) is 0 Å². The number of piperazine rings is 1. The molecule has 1 aromatic carbocycles. The molecule has 2 aromatic rings. The molecule has 0 spiro atoms. The summed E-state index contributed by atoms with van der Waals surface area (Å²) >= 11 is 0. The molecule has 0 atom stereocenters. The van der Waals surface area contributed by atoms with E-state index in [0.29, 0.717) is 18.7 Å². The maximum atomic E-state index is 12.6. The quantitative estimate of drug-likeness (QED) is 0.864.